The van der Waals surface area contributed by atoms with Gasteiger partial charge in [-0.3, -0.25) is 15.5 Å². The Balaban J connectivity index is 1.56. The second-order valence-corrected chi connectivity index (χ2v) is 10.8. The van der Waals surface area contributed by atoms with Crippen molar-refractivity contribution in [2.75, 3.05) is 5.48 Å². The molecule has 37 heavy (non-hydrogen) atoms. The number of nitrogens with one attached hydrogen (secondary N) is 1. The minimum absolute atomic E-state index is 0.00821. The molecule has 2 heterocycles. The Kier molecular flexibility index (Phi) is 5.78. The van der Waals surface area contributed by atoms with Gasteiger partial charge < -0.3 is 24.1 Å². The molecule has 2 aromatic carbocycles. The van der Waals surface area contributed by atoms with Gasteiger partial charge in [0.1, 0.15) is 40.4 Å². The summed E-state index contributed by atoms with van der Waals surface area (Å²) in [6.45, 7) is 3.40. The third-order valence-electron chi connectivity index (χ3n) is 7.76. The number of hydrogen-bond acceptors (Lipinski definition) is 8. The number of aliphatic hydroxyl groups excluding tert-OH is 1. The summed E-state index contributed by atoms with van der Waals surface area (Å²) >= 11 is 0. The topological polar surface area (TPSA) is 121 Å². The minimum Gasteiger partial charge on any atom is -0.489 e. The van der Waals surface area contributed by atoms with E-state index >= 15 is 0 Å². The largest absolute Gasteiger partial charge is 0.489 e. The molecule has 3 atom stereocenters. The lowest BCUT2D eigenvalue weighted by Gasteiger charge is -2.24. The summed E-state index contributed by atoms with van der Waals surface area (Å²) in [6, 6.07) is 8.75. The molecule has 6 rings (SSSR count). The smallest absolute Gasteiger partial charge is 0.200 e. The Morgan fingerprint density at radius 1 is 1.11 bits per heavy atom. The van der Waals surface area contributed by atoms with Crippen LogP contribution in [0.5, 0.6) is 11.5 Å². The van der Waals surface area contributed by atoms with E-state index < -0.39 is 23.7 Å². The highest BCUT2D eigenvalue weighted by Gasteiger charge is 2.39. The van der Waals surface area contributed by atoms with E-state index in [9.17, 15) is 20.2 Å². The third-order valence-corrected chi connectivity index (χ3v) is 7.76. The Morgan fingerprint density at radius 2 is 1.84 bits per heavy atom. The Hall–Kier alpha value is -3.33. The van der Waals surface area contributed by atoms with Crippen molar-refractivity contribution < 1.29 is 29.3 Å². The molecule has 0 unspecified atom stereocenters. The predicted octanol–water partition coefficient (Wildman–Crippen LogP) is 4.73. The van der Waals surface area contributed by atoms with Gasteiger partial charge in [0.05, 0.1) is 23.0 Å². The summed E-state index contributed by atoms with van der Waals surface area (Å²) in [4.78, 5) is 14.3. The fourth-order valence-corrected chi connectivity index (χ4v) is 5.70. The molecule has 0 saturated heterocycles. The first kappa shape index (κ1) is 24.0. The van der Waals surface area contributed by atoms with Crippen LogP contribution in [0.15, 0.2) is 51.7 Å². The SMILES string of the molecule is CC(C)(O)[C@H]1Cc2c(cc3oc4c(c(=O)c3c2OC2CCCC2)[C@@H](c2ccc(NO)cc2)C=C[C@H]4O)O1. The van der Waals surface area contributed by atoms with Gasteiger partial charge in [0.2, 0.25) is 5.43 Å². The van der Waals surface area contributed by atoms with Crippen molar-refractivity contribution >= 4 is 16.7 Å². The maximum Gasteiger partial charge on any atom is 0.200 e. The summed E-state index contributed by atoms with van der Waals surface area (Å²) in [6.07, 6.45) is 6.22. The van der Waals surface area contributed by atoms with Crippen LogP contribution in [0.3, 0.4) is 0 Å². The van der Waals surface area contributed by atoms with Gasteiger partial charge in [-0.2, -0.15) is 0 Å². The average molecular weight is 506 g/mol. The second kappa shape index (κ2) is 8.90. The van der Waals surface area contributed by atoms with E-state index in [1.807, 2.05) is 12.1 Å². The Labute approximate surface area is 214 Å². The first-order chi connectivity index (χ1) is 17.7. The van der Waals surface area contributed by atoms with Gasteiger partial charge in [-0.1, -0.05) is 24.3 Å². The van der Waals surface area contributed by atoms with Crippen molar-refractivity contribution in [3.05, 3.63) is 75.2 Å². The van der Waals surface area contributed by atoms with E-state index in [1.165, 1.54) is 0 Å². The van der Waals surface area contributed by atoms with E-state index in [1.54, 1.807) is 44.2 Å². The summed E-state index contributed by atoms with van der Waals surface area (Å²) in [5.41, 5.74) is 3.53. The molecule has 3 aromatic rings. The van der Waals surface area contributed by atoms with Crippen molar-refractivity contribution in [1.82, 2.24) is 0 Å². The maximum absolute atomic E-state index is 14.3. The molecule has 194 valence electrons. The molecule has 8 nitrogen and oxygen atoms in total. The molecular formula is C29H31NO7. The minimum atomic E-state index is -1.09. The number of anilines is 1. The van der Waals surface area contributed by atoms with E-state index in [0.29, 0.717) is 40.1 Å². The van der Waals surface area contributed by atoms with Gasteiger partial charge in [-0.25, -0.2) is 0 Å². The number of fused-ring (bicyclic) bond motifs is 3. The zero-order valence-electron chi connectivity index (χ0n) is 20.9. The summed E-state index contributed by atoms with van der Waals surface area (Å²) in [7, 11) is 0. The van der Waals surface area contributed by atoms with Crippen LogP contribution in [0.1, 0.15) is 74.0 Å². The first-order valence-electron chi connectivity index (χ1n) is 12.8. The molecule has 0 amide bonds. The Morgan fingerprint density at radius 3 is 2.51 bits per heavy atom. The predicted molar refractivity (Wildman–Crippen MR) is 138 cm³/mol. The fraction of sp³-hybridized carbons (Fsp3) is 0.414. The van der Waals surface area contributed by atoms with Crippen molar-refractivity contribution in [1.29, 1.82) is 0 Å². The molecular weight excluding hydrogens is 474 g/mol. The Bertz CT molecular complexity index is 1430. The zero-order valence-corrected chi connectivity index (χ0v) is 20.9. The first-order valence-corrected chi connectivity index (χ1v) is 12.8. The number of aliphatic hydroxyl groups is 2. The highest BCUT2D eigenvalue weighted by molar-refractivity contribution is 5.89. The van der Waals surface area contributed by atoms with Gasteiger partial charge in [-0.15, -0.1) is 0 Å². The molecule has 1 fully saturated rings. The number of allylic oxidation sites excluding steroid dienone is 1. The van der Waals surface area contributed by atoms with Crippen LogP contribution in [0.2, 0.25) is 0 Å². The molecule has 3 aliphatic rings. The van der Waals surface area contributed by atoms with Crippen LogP contribution in [-0.4, -0.2) is 33.2 Å². The van der Waals surface area contributed by atoms with Crippen LogP contribution in [-0.2, 0) is 6.42 Å². The van der Waals surface area contributed by atoms with Crippen LogP contribution in [0, 0.1) is 0 Å². The lowest BCUT2D eigenvalue weighted by molar-refractivity contribution is -0.0229. The van der Waals surface area contributed by atoms with Gasteiger partial charge >= 0.3 is 0 Å². The van der Waals surface area contributed by atoms with E-state index in [2.05, 4.69) is 5.48 Å². The van der Waals surface area contributed by atoms with Gasteiger partial charge in [0, 0.05) is 24.0 Å². The van der Waals surface area contributed by atoms with Crippen molar-refractivity contribution in [2.24, 2.45) is 0 Å². The van der Waals surface area contributed by atoms with Crippen molar-refractivity contribution in [2.45, 2.75) is 75.8 Å². The molecule has 0 bridgehead atoms. The number of hydrogen-bond donors (Lipinski definition) is 4. The van der Waals surface area contributed by atoms with Gasteiger partial charge in [0.25, 0.3) is 0 Å². The highest BCUT2D eigenvalue weighted by atomic mass is 16.5. The van der Waals surface area contributed by atoms with Crippen LogP contribution in [0.4, 0.5) is 5.69 Å². The lowest BCUT2D eigenvalue weighted by Crippen LogP contribution is -2.39. The van der Waals surface area contributed by atoms with Crippen LogP contribution >= 0.6 is 0 Å². The lowest BCUT2D eigenvalue weighted by atomic mass is 9.84. The molecule has 1 aliphatic heterocycles. The molecule has 1 saturated carbocycles. The van der Waals surface area contributed by atoms with Crippen LogP contribution in [0.25, 0.3) is 11.0 Å². The zero-order chi connectivity index (χ0) is 25.9. The standard InChI is InChI=1S/C29H31NO7/c1-29(2,33)23-13-19-21(36-23)14-22-25(27(19)35-17-5-3-4-6-17)26(32)24-18(11-12-20(31)28(24)37-22)15-7-9-16(30-34)10-8-15/h7-12,14,17-18,20,23,30-31,33-34H,3-6,13H2,1-2H3/t18-,20-,23-/m1/s1. The van der Waals surface area contributed by atoms with Crippen molar-refractivity contribution in [3.8, 4) is 11.5 Å². The quantitative estimate of drug-likeness (QED) is 0.290. The fourth-order valence-electron chi connectivity index (χ4n) is 5.70. The van der Waals surface area contributed by atoms with E-state index in [0.717, 1.165) is 36.8 Å². The summed E-state index contributed by atoms with van der Waals surface area (Å²) < 4.78 is 18.9. The second-order valence-electron chi connectivity index (χ2n) is 10.8. The molecule has 8 heteroatoms. The highest BCUT2D eigenvalue weighted by Crippen LogP contribution is 2.46. The van der Waals surface area contributed by atoms with Crippen molar-refractivity contribution in [3.63, 3.8) is 0 Å². The molecule has 1 aromatic heterocycles. The average Bonchev–Trinajstić information content (AvgIpc) is 3.55. The van der Waals surface area contributed by atoms with E-state index in [4.69, 9.17) is 13.9 Å². The normalized spacial score (nSPS) is 23.1. The van der Waals surface area contributed by atoms with Crippen LogP contribution < -0.4 is 20.4 Å². The van der Waals surface area contributed by atoms with Gasteiger partial charge in [-0.05, 0) is 57.2 Å². The summed E-state index contributed by atoms with van der Waals surface area (Å²) in [5.74, 6) is 0.739. The van der Waals surface area contributed by atoms with Gasteiger partial charge in [0.15, 0.2) is 0 Å². The molecule has 4 N–H and O–H groups in total. The maximum atomic E-state index is 14.3. The molecule has 0 radical (unpaired) electrons. The van der Waals surface area contributed by atoms with E-state index in [-0.39, 0.29) is 17.3 Å². The number of benzene rings is 2. The monoisotopic (exact) mass is 505 g/mol. The summed E-state index contributed by atoms with van der Waals surface area (Å²) in [5, 5.41) is 30.9. The number of rotatable bonds is 5. The third kappa shape index (κ3) is 4.09. The number of ether oxygens (including phenoxy) is 2. The molecule has 0 spiro atoms. The molecule has 2 aliphatic carbocycles.